The fourth-order valence-electron chi connectivity index (χ4n) is 2.24. The van der Waals surface area contributed by atoms with E-state index in [9.17, 15) is 13.2 Å². The molecule has 1 aliphatic heterocycles. The molecule has 23 heavy (non-hydrogen) atoms. The molecule has 1 aromatic carbocycles. The molecule has 1 aromatic rings. The molecule has 1 fully saturated rings. The van der Waals surface area contributed by atoms with Crippen LogP contribution in [0.3, 0.4) is 0 Å². The van der Waals surface area contributed by atoms with Gasteiger partial charge in [-0.1, -0.05) is 12.1 Å². The van der Waals surface area contributed by atoms with E-state index < -0.39 is 36.1 Å². The van der Waals surface area contributed by atoms with E-state index in [-0.39, 0.29) is 6.54 Å². The molecule has 3 nitrogen and oxygen atoms in total. The molecule has 1 saturated heterocycles. The third-order valence-electron chi connectivity index (χ3n) is 4.40. The van der Waals surface area contributed by atoms with Crippen molar-refractivity contribution in [1.82, 2.24) is 0 Å². The molecule has 7 heteroatoms. The Kier molecular flexibility index (Phi) is 4.94. The van der Waals surface area contributed by atoms with Crippen molar-refractivity contribution < 1.29 is 22.5 Å². The van der Waals surface area contributed by atoms with Crippen LogP contribution in [0.1, 0.15) is 45.2 Å². The maximum absolute atomic E-state index is 13.7. The van der Waals surface area contributed by atoms with Crippen LogP contribution >= 0.6 is 0 Å². The normalized spacial score (nSPS) is 20.4. The maximum atomic E-state index is 13.7. The lowest BCUT2D eigenvalue weighted by Crippen LogP contribution is -2.41. The van der Waals surface area contributed by atoms with Gasteiger partial charge in [-0.3, -0.25) is 0 Å². The number of halogens is 3. The van der Waals surface area contributed by atoms with Gasteiger partial charge in [0.1, 0.15) is 5.82 Å². The minimum atomic E-state index is -2.84. The highest BCUT2D eigenvalue weighted by atomic mass is 19.3. The molecule has 126 valence electrons. The Morgan fingerprint density at radius 2 is 1.78 bits per heavy atom. The van der Waals surface area contributed by atoms with Crippen LogP contribution in [-0.4, -0.2) is 24.9 Å². The van der Waals surface area contributed by atoms with Crippen LogP contribution in [-0.2, 0) is 9.31 Å². The molecule has 1 aliphatic rings. The molecule has 0 spiro atoms. The zero-order chi connectivity index (χ0) is 17.4. The molecule has 0 radical (unpaired) electrons. The van der Waals surface area contributed by atoms with E-state index in [1.54, 1.807) is 6.08 Å². The van der Waals surface area contributed by atoms with Crippen molar-refractivity contribution in [2.24, 2.45) is 5.73 Å². The van der Waals surface area contributed by atoms with Gasteiger partial charge in [-0.25, -0.2) is 13.2 Å². The highest BCUT2D eigenvalue weighted by molar-refractivity contribution is 6.55. The first-order chi connectivity index (χ1) is 10.6. The second kappa shape index (κ2) is 6.30. The zero-order valence-corrected chi connectivity index (χ0v) is 13.7. The number of benzene rings is 1. The summed E-state index contributed by atoms with van der Waals surface area (Å²) in [5.41, 5.74) is 5.15. The second-order valence-corrected chi connectivity index (χ2v) is 6.59. The molecule has 0 aromatic heterocycles. The summed E-state index contributed by atoms with van der Waals surface area (Å²) >= 11 is 0. The molecule has 2 N–H and O–H groups in total. The van der Waals surface area contributed by atoms with Crippen LogP contribution in [0.2, 0.25) is 0 Å². The van der Waals surface area contributed by atoms with E-state index in [0.717, 1.165) is 12.1 Å². The summed E-state index contributed by atoms with van der Waals surface area (Å²) in [5, 5.41) is 0. The van der Waals surface area contributed by atoms with Crippen molar-refractivity contribution in [3.05, 3.63) is 40.6 Å². The number of rotatable bonds is 4. The molecule has 1 heterocycles. The highest BCUT2D eigenvalue weighted by Gasteiger charge is 2.52. The predicted molar refractivity (Wildman–Crippen MR) is 84.5 cm³/mol. The van der Waals surface area contributed by atoms with Crippen LogP contribution in [0.4, 0.5) is 13.2 Å². The topological polar surface area (TPSA) is 44.5 Å². The van der Waals surface area contributed by atoms with Gasteiger partial charge >= 0.3 is 7.12 Å². The van der Waals surface area contributed by atoms with Gasteiger partial charge in [0, 0.05) is 6.54 Å². The average molecular weight is 327 g/mol. The number of nitrogens with two attached hydrogens (primary N) is 1. The van der Waals surface area contributed by atoms with Gasteiger partial charge in [-0.15, -0.1) is 0 Å². The first kappa shape index (κ1) is 18.0. The first-order valence-corrected chi connectivity index (χ1v) is 7.41. The van der Waals surface area contributed by atoms with E-state index in [0.29, 0.717) is 11.0 Å². The van der Waals surface area contributed by atoms with Gasteiger partial charge in [-0.2, -0.15) is 0 Å². The lowest BCUT2D eigenvalue weighted by atomic mass is 9.77. The number of hydrogen-bond donors (Lipinski definition) is 1. The smallest absolute Gasteiger partial charge is 0.400 e. The predicted octanol–water partition coefficient (Wildman–Crippen LogP) is 3.74. The van der Waals surface area contributed by atoms with Crippen molar-refractivity contribution in [3.8, 4) is 0 Å². The maximum Gasteiger partial charge on any atom is 0.491 e. The summed E-state index contributed by atoms with van der Waals surface area (Å²) in [6, 6.07) is 3.55. The first-order valence-electron chi connectivity index (χ1n) is 7.41. The number of alkyl halides is 2. The van der Waals surface area contributed by atoms with E-state index in [4.69, 9.17) is 15.0 Å². The Balaban J connectivity index is 2.28. The SMILES string of the molecule is CC1(C)OB(C(=Cc2ccc(C(F)F)c(F)c2)CN)OC1(C)C. The highest BCUT2D eigenvalue weighted by Crippen LogP contribution is 2.38. The van der Waals surface area contributed by atoms with Gasteiger partial charge in [0.2, 0.25) is 0 Å². The molecular weight excluding hydrogens is 306 g/mol. The number of hydrogen-bond acceptors (Lipinski definition) is 3. The second-order valence-electron chi connectivity index (χ2n) is 6.59. The van der Waals surface area contributed by atoms with E-state index in [1.807, 2.05) is 27.7 Å². The Morgan fingerprint density at radius 3 is 2.22 bits per heavy atom. The van der Waals surface area contributed by atoms with E-state index in [2.05, 4.69) is 0 Å². The van der Waals surface area contributed by atoms with Gasteiger partial charge in [0.15, 0.2) is 0 Å². The van der Waals surface area contributed by atoms with Crippen LogP contribution < -0.4 is 5.73 Å². The molecule has 0 amide bonds. The van der Waals surface area contributed by atoms with Gasteiger partial charge in [0.25, 0.3) is 6.43 Å². The summed E-state index contributed by atoms with van der Waals surface area (Å²) in [7, 11) is -0.650. The molecule has 0 aliphatic carbocycles. The van der Waals surface area contributed by atoms with Gasteiger partial charge in [-0.05, 0) is 50.9 Å². The molecule has 0 saturated carbocycles. The molecular formula is C16H21BF3NO2. The summed E-state index contributed by atoms with van der Waals surface area (Å²) in [6.07, 6.45) is -1.23. The van der Waals surface area contributed by atoms with E-state index in [1.165, 1.54) is 6.07 Å². The minimum Gasteiger partial charge on any atom is -0.400 e. The summed E-state index contributed by atoms with van der Waals surface area (Å²) in [6.45, 7) is 7.81. The Bertz CT molecular complexity index is 601. The quantitative estimate of drug-likeness (QED) is 0.857. The van der Waals surface area contributed by atoms with Crippen LogP contribution in [0.15, 0.2) is 23.7 Å². The Morgan fingerprint density at radius 1 is 1.22 bits per heavy atom. The van der Waals surface area contributed by atoms with Gasteiger partial charge < -0.3 is 15.0 Å². The lowest BCUT2D eigenvalue weighted by Gasteiger charge is -2.32. The molecule has 0 unspecified atom stereocenters. The monoisotopic (exact) mass is 327 g/mol. The summed E-state index contributed by atoms with van der Waals surface area (Å²) in [5.74, 6) is -0.945. The van der Waals surface area contributed by atoms with Crippen LogP contribution in [0, 0.1) is 5.82 Å². The Labute approximate surface area is 134 Å². The van der Waals surface area contributed by atoms with Crippen molar-refractivity contribution in [2.45, 2.75) is 45.3 Å². The fourth-order valence-corrected chi connectivity index (χ4v) is 2.24. The largest absolute Gasteiger partial charge is 0.491 e. The van der Waals surface area contributed by atoms with Crippen molar-refractivity contribution in [2.75, 3.05) is 6.54 Å². The zero-order valence-electron chi connectivity index (χ0n) is 13.7. The van der Waals surface area contributed by atoms with E-state index >= 15 is 0 Å². The fraction of sp³-hybridized carbons (Fsp3) is 0.500. The standard InChI is InChI=1S/C16H21BF3NO2/c1-15(2)16(3,4)23-17(22-15)11(9-21)7-10-5-6-12(14(19)20)13(18)8-10/h5-8,14H,9,21H2,1-4H3. The third-order valence-corrected chi connectivity index (χ3v) is 4.40. The van der Waals surface area contributed by atoms with Crippen LogP contribution in [0.5, 0.6) is 0 Å². The Hall–Kier alpha value is -1.31. The molecule has 0 atom stereocenters. The molecule has 0 bridgehead atoms. The molecule has 2 rings (SSSR count). The summed E-state index contributed by atoms with van der Waals surface area (Å²) in [4.78, 5) is 0. The minimum absolute atomic E-state index is 0.148. The van der Waals surface area contributed by atoms with Crippen molar-refractivity contribution in [3.63, 3.8) is 0 Å². The van der Waals surface area contributed by atoms with Crippen molar-refractivity contribution >= 4 is 13.2 Å². The third kappa shape index (κ3) is 3.62. The van der Waals surface area contributed by atoms with Gasteiger partial charge in [0.05, 0.1) is 16.8 Å². The lowest BCUT2D eigenvalue weighted by molar-refractivity contribution is 0.00578. The summed E-state index contributed by atoms with van der Waals surface area (Å²) < 4.78 is 50.6. The van der Waals surface area contributed by atoms with Crippen LogP contribution in [0.25, 0.3) is 6.08 Å². The average Bonchev–Trinajstić information content (AvgIpc) is 2.64. The van der Waals surface area contributed by atoms with Crippen molar-refractivity contribution in [1.29, 1.82) is 0 Å².